The summed E-state index contributed by atoms with van der Waals surface area (Å²) in [6, 6.07) is 0.644. The first-order valence-corrected chi connectivity index (χ1v) is 2.58. The Bertz CT molecular complexity index is 57.1. The summed E-state index contributed by atoms with van der Waals surface area (Å²) in [5, 5.41) is 3.11. The van der Waals surface area contributed by atoms with Gasteiger partial charge in [-0.25, -0.2) is 0 Å². The third-order valence-corrected chi connectivity index (χ3v) is 1.41. The molecule has 2 heteroatoms. The molecule has 0 aliphatic heterocycles. The molecule has 1 saturated carbocycles. The van der Waals surface area contributed by atoms with Crippen LogP contribution in [0.1, 0.15) is 6.42 Å². The van der Waals surface area contributed by atoms with Crippen LogP contribution in [-0.2, 0) is 4.74 Å². The van der Waals surface area contributed by atoms with E-state index in [0.29, 0.717) is 12.1 Å². The maximum Gasteiger partial charge on any atom is 0.0740 e. The number of hydrogen-bond donors (Lipinski definition) is 1. The number of methoxy groups -OCH3 is 1. The number of rotatable bonds is 2. The Morgan fingerprint density at radius 2 is 2.43 bits per heavy atom. The lowest BCUT2D eigenvalue weighted by molar-refractivity contribution is 0.175. The highest BCUT2D eigenvalue weighted by atomic mass is 16.5. The highest BCUT2D eigenvalue weighted by Crippen LogP contribution is 2.22. The minimum atomic E-state index is 0.505. The van der Waals surface area contributed by atoms with Crippen LogP contribution in [0.3, 0.4) is 0 Å². The van der Waals surface area contributed by atoms with Crippen LogP contribution in [0.2, 0.25) is 0 Å². The molecule has 7 heavy (non-hydrogen) atoms. The second kappa shape index (κ2) is 1.80. The van der Waals surface area contributed by atoms with Gasteiger partial charge in [-0.05, 0) is 13.5 Å². The lowest BCUT2D eigenvalue weighted by atomic mass is 10.7. The Kier molecular flexibility index (Phi) is 1.30. The minimum Gasteiger partial charge on any atom is -0.380 e. The lowest BCUT2D eigenvalue weighted by Gasteiger charge is -1.91. The fourth-order valence-electron chi connectivity index (χ4n) is 0.736. The van der Waals surface area contributed by atoms with Gasteiger partial charge in [-0.1, -0.05) is 0 Å². The average molecular weight is 101 g/mol. The Balaban J connectivity index is 2.06. The van der Waals surface area contributed by atoms with Crippen molar-refractivity contribution in [3.05, 3.63) is 0 Å². The van der Waals surface area contributed by atoms with Gasteiger partial charge in [0.05, 0.1) is 6.10 Å². The maximum absolute atomic E-state index is 5.00. The molecule has 0 aromatic heterocycles. The van der Waals surface area contributed by atoms with E-state index in [1.165, 1.54) is 6.42 Å². The van der Waals surface area contributed by atoms with E-state index >= 15 is 0 Å². The van der Waals surface area contributed by atoms with Crippen LogP contribution in [0.5, 0.6) is 0 Å². The Morgan fingerprint density at radius 3 is 2.57 bits per heavy atom. The average Bonchev–Trinajstić information content (AvgIpc) is 2.43. The minimum absolute atomic E-state index is 0.505. The highest BCUT2D eigenvalue weighted by Gasteiger charge is 2.35. The summed E-state index contributed by atoms with van der Waals surface area (Å²) in [4.78, 5) is 0. The molecule has 0 amide bonds. The summed E-state index contributed by atoms with van der Waals surface area (Å²) in [5.74, 6) is 0. The molecular formula is C5H11NO. The zero-order chi connectivity index (χ0) is 5.28. The van der Waals surface area contributed by atoms with Crippen LogP contribution < -0.4 is 5.32 Å². The number of nitrogens with one attached hydrogen (secondary N) is 1. The number of hydrogen-bond acceptors (Lipinski definition) is 2. The molecule has 0 saturated heterocycles. The molecule has 1 aliphatic rings. The summed E-state index contributed by atoms with van der Waals surface area (Å²) >= 11 is 0. The third kappa shape index (κ3) is 0.924. The van der Waals surface area contributed by atoms with Crippen molar-refractivity contribution in [2.45, 2.75) is 18.6 Å². The van der Waals surface area contributed by atoms with E-state index in [1.54, 1.807) is 7.11 Å². The van der Waals surface area contributed by atoms with Crippen molar-refractivity contribution in [1.29, 1.82) is 0 Å². The molecule has 2 atom stereocenters. The van der Waals surface area contributed by atoms with Gasteiger partial charge in [0, 0.05) is 13.2 Å². The molecule has 0 bridgehead atoms. The third-order valence-electron chi connectivity index (χ3n) is 1.41. The van der Waals surface area contributed by atoms with Crippen LogP contribution in [0.25, 0.3) is 0 Å². The summed E-state index contributed by atoms with van der Waals surface area (Å²) in [5.41, 5.74) is 0. The monoisotopic (exact) mass is 101 g/mol. The fraction of sp³-hybridized carbons (Fsp3) is 1.00. The number of likely N-dealkylation sites (N-methyl/N-ethyl adjacent to an activating group) is 1. The van der Waals surface area contributed by atoms with Crippen molar-refractivity contribution >= 4 is 0 Å². The van der Waals surface area contributed by atoms with Gasteiger partial charge in [0.15, 0.2) is 0 Å². The van der Waals surface area contributed by atoms with Crippen molar-refractivity contribution in [2.75, 3.05) is 14.2 Å². The quantitative estimate of drug-likeness (QED) is 0.528. The lowest BCUT2D eigenvalue weighted by Crippen LogP contribution is -2.13. The van der Waals surface area contributed by atoms with Gasteiger partial charge in [-0.3, -0.25) is 0 Å². The Hall–Kier alpha value is -0.0800. The van der Waals surface area contributed by atoms with Crippen molar-refractivity contribution in [3.8, 4) is 0 Å². The molecule has 0 aromatic rings. The van der Waals surface area contributed by atoms with Crippen LogP contribution in [0.4, 0.5) is 0 Å². The summed E-state index contributed by atoms with van der Waals surface area (Å²) in [7, 11) is 3.71. The van der Waals surface area contributed by atoms with Gasteiger partial charge in [0.2, 0.25) is 0 Å². The van der Waals surface area contributed by atoms with Crippen LogP contribution in [0.15, 0.2) is 0 Å². The maximum atomic E-state index is 5.00. The highest BCUT2D eigenvalue weighted by molar-refractivity contribution is 4.93. The first-order valence-electron chi connectivity index (χ1n) is 2.58. The smallest absolute Gasteiger partial charge is 0.0740 e. The molecule has 1 fully saturated rings. The molecule has 0 spiro atoms. The molecule has 0 heterocycles. The van der Waals surface area contributed by atoms with Crippen LogP contribution >= 0.6 is 0 Å². The van der Waals surface area contributed by atoms with Gasteiger partial charge >= 0.3 is 0 Å². The zero-order valence-corrected chi connectivity index (χ0v) is 4.77. The van der Waals surface area contributed by atoms with Crippen molar-refractivity contribution in [1.82, 2.24) is 5.32 Å². The normalized spacial score (nSPS) is 38.6. The Morgan fingerprint density at radius 1 is 1.71 bits per heavy atom. The largest absolute Gasteiger partial charge is 0.380 e. The first-order chi connectivity index (χ1) is 3.38. The van der Waals surface area contributed by atoms with E-state index in [0.717, 1.165) is 0 Å². The van der Waals surface area contributed by atoms with Gasteiger partial charge < -0.3 is 10.1 Å². The van der Waals surface area contributed by atoms with Crippen LogP contribution in [0, 0.1) is 0 Å². The predicted molar refractivity (Wildman–Crippen MR) is 28.3 cm³/mol. The van der Waals surface area contributed by atoms with E-state index in [4.69, 9.17) is 4.74 Å². The summed E-state index contributed by atoms with van der Waals surface area (Å²) in [6.07, 6.45) is 1.69. The first kappa shape index (κ1) is 5.06. The SMILES string of the molecule is CNC1CC1OC. The second-order valence-corrected chi connectivity index (χ2v) is 1.91. The Labute approximate surface area is 43.9 Å². The zero-order valence-electron chi connectivity index (χ0n) is 4.77. The van der Waals surface area contributed by atoms with E-state index in [1.807, 2.05) is 7.05 Å². The summed E-state index contributed by atoms with van der Waals surface area (Å²) < 4.78 is 5.00. The van der Waals surface area contributed by atoms with Crippen molar-refractivity contribution < 1.29 is 4.74 Å². The van der Waals surface area contributed by atoms with E-state index in [2.05, 4.69) is 5.32 Å². The van der Waals surface area contributed by atoms with E-state index in [-0.39, 0.29) is 0 Å². The van der Waals surface area contributed by atoms with Crippen molar-refractivity contribution in [2.24, 2.45) is 0 Å². The molecule has 2 nitrogen and oxygen atoms in total. The number of ether oxygens (including phenoxy) is 1. The van der Waals surface area contributed by atoms with Crippen LogP contribution in [-0.4, -0.2) is 26.3 Å². The molecule has 0 aromatic carbocycles. The molecular weight excluding hydrogens is 90.1 g/mol. The van der Waals surface area contributed by atoms with E-state index in [9.17, 15) is 0 Å². The second-order valence-electron chi connectivity index (χ2n) is 1.91. The standard InChI is InChI=1S/C5H11NO/c1-6-4-3-5(4)7-2/h4-6H,3H2,1-2H3. The fourth-order valence-corrected chi connectivity index (χ4v) is 0.736. The molecule has 2 unspecified atom stereocenters. The summed E-state index contributed by atoms with van der Waals surface area (Å²) in [6.45, 7) is 0. The topological polar surface area (TPSA) is 21.3 Å². The molecule has 1 N–H and O–H groups in total. The van der Waals surface area contributed by atoms with Crippen molar-refractivity contribution in [3.63, 3.8) is 0 Å². The van der Waals surface area contributed by atoms with Gasteiger partial charge in [0.25, 0.3) is 0 Å². The molecule has 1 rings (SSSR count). The molecule has 42 valence electrons. The molecule has 1 aliphatic carbocycles. The van der Waals surface area contributed by atoms with Gasteiger partial charge in [-0.15, -0.1) is 0 Å². The van der Waals surface area contributed by atoms with Gasteiger partial charge in [0.1, 0.15) is 0 Å². The predicted octanol–water partition coefficient (Wildman–Crippen LogP) is -0.00690. The van der Waals surface area contributed by atoms with Gasteiger partial charge in [-0.2, -0.15) is 0 Å². The van der Waals surface area contributed by atoms with E-state index < -0.39 is 0 Å². The molecule has 0 radical (unpaired) electrons.